The van der Waals surface area contributed by atoms with Crippen LogP contribution in [0.15, 0.2) is 18.2 Å². The predicted octanol–water partition coefficient (Wildman–Crippen LogP) is 3.21. The average molecular weight is 277 g/mol. The van der Waals surface area contributed by atoms with Gasteiger partial charge in [0, 0.05) is 11.6 Å². The van der Waals surface area contributed by atoms with Gasteiger partial charge in [0.2, 0.25) is 0 Å². The Morgan fingerprint density at radius 1 is 1.30 bits per heavy atom. The Balaban J connectivity index is 1.90. The number of nitrogens with one attached hydrogen (secondary N) is 1. The maximum Gasteiger partial charge on any atom is 0.123 e. The molecular weight excluding hydrogens is 250 g/mol. The van der Waals surface area contributed by atoms with Crippen molar-refractivity contribution in [3.8, 4) is 5.75 Å². The lowest BCUT2D eigenvalue weighted by Crippen LogP contribution is -2.29. The number of aliphatic hydroxyl groups excluding tert-OH is 1. The highest BCUT2D eigenvalue weighted by Gasteiger charge is 2.20. The molecule has 20 heavy (non-hydrogen) atoms. The molecule has 0 bridgehead atoms. The lowest BCUT2D eigenvalue weighted by atomic mass is 9.87. The summed E-state index contributed by atoms with van der Waals surface area (Å²) >= 11 is 0. The van der Waals surface area contributed by atoms with E-state index in [2.05, 4.69) is 37.4 Å². The van der Waals surface area contributed by atoms with E-state index < -0.39 is 0 Å². The summed E-state index contributed by atoms with van der Waals surface area (Å²) in [6.07, 6.45) is 4.10. The molecule has 0 saturated heterocycles. The second-order valence-electron chi connectivity index (χ2n) is 6.05. The highest BCUT2D eigenvalue weighted by Crippen LogP contribution is 2.28. The number of hydrogen-bond donors (Lipinski definition) is 2. The minimum absolute atomic E-state index is 0.0686. The van der Waals surface area contributed by atoms with Gasteiger partial charge in [-0.1, -0.05) is 12.1 Å². The minimum Gasteiger partial charge on any atom is -0.496 e. The second-order valence-corrected chi connectivity index (χ2v) is 6.05. The largest absolute Gasteiger partial charge is 0.496 e. The molecule has 1 unspecified atom stereocenters. The van der Waals surface area contributed by atoms with Crippen molar-refractivity contribution in [3.05, 3.63) is 29.3 Å². The molecule has 1 aromatic rings. The van der Waals surface area contributed by atoms with Gasteiger partial charge in [-0.25, -0.2) is 0 Å². The van der Waals surface area contributed by atoms with Crippen molar-refractivity contribution in [3.63, 3.8) is 0 Å². The summed E-state index contributed by atoms with van der Waals surface area (Å²) in [5.74, 6) is 1.65. The van der Waals surface area contributed by atoms with E-state index in [0.717, 1.165) is 38.0 Å². The molecule has 2 N–H and O–H groups in total. The fourth-order valence-corrected chi connectivity index (χ4v) is 2.98. The first-order valence-corrected chi connectivity index (χ1v) is 7.66. The van der Waals surface area contributed by atoms with Crippen LogP contribution in [0.1, 0.15) is 49.8 Å². The van der Waals surface area contributed by atoms with Crippen LogP contribution >= 0.6 is 0 Å². The molecule has 1 aromatic carbocycles. The Morgan fingerprint density at radius 2 is 2.00 bits per heavy atom. The number of aryl methyl sites for hydroxylation is 1. The highest BCUT2D eigenvalue weighted by molar-refractivity contribution is 5.39. The van der Waals surface area contributed by atoms with Crippen LogP contribution in [0.3, 0.4) is 0 Å². The van der Waals surface area contributed by atoms with Gasteiger partial charge < -0.3 is 15.2 Å². The van der Waals surface area contributed by atoms with E-state index in [1.807, 2.05) is 0 Å². The Labute approximate surface area is 122 Å². The molecule has 0 radical (unpaired) electrons. The number of benzene rings is 1. The first-order valence-electron chi connectivity index (χ1n) is 7.66. The summed E-state index contributed by atoms with van der Waals surface area (Å²) in [4.78, 5) is 0. The van der Waals surface area contributed by atoms with Crippen LogP contribution < -0.4 is 10.1 Å². The topological polar surface area (TPSA) is 41.5 Å². The van der Waals surface area contributed by atoms with Gasteiger partial charge in [0.05, 0.1) is 13.2 Å². The number of aliphatic hydroxyl groups is 1. The van der Waals surface area contributed by atoms with Crippen LogP contribution in [0, 0.1) is 12.8 Å². The Bertz CT molecular complexity index is 425. The molecule has 1 saturated carbocycles. The van der Waals surface area contributed by atoms with E-state index in [4.69, 9.17) is 4.74 Å². The van der Waals surface area contributed by atoms with Crippen molar-refractivity contribution >= 4 is 0 Å². The number of rotatable bonds is 5. The summed E-state index contributed by atoms with van der Waals surface area (Å²) in [5, 5.41) is 13.2. The van der Waals surface area contributed by atoms with Crippen LogP contribution in [-0.2, 0) is 0 Å². The molecule has 0 heterocycles. The smallest absolute Gasteiger partial charge is 0.123 e. The van der Waals surface area contributed by atoms with Gasteiger partial charge in [-0.15, -0.1) is 0 Å². The zero-order valence-electron chi connectivity index (χ0n) is 12.9. The summed E-state index contributed by atoms with van der Waals surface area (Å²) in [5.41, 5.74) is 2.44. The van der Waals surface area contributed by atoms with Gasteiger partial charge >= 0.3 is 0 Å². The van der Waals surface area contributed by atoms with Crippen LogP contribution in [0.25, 0.3) is 0 Å². The molecule has 3 nitrogen and oxygen atoms in total. The van der Waals surface area contributed by atoms with Crippen molar-refractivity contribution in [2.24, 2.45) is 5.92 Å². The molecular formula is C17H27NO2. The number of ether oxygens (including phenoxy) is 1. The lowest BCUT2D eigenvalue weighted by molar-refractivity contribution is 0.107. The fraction of sp³-hybridized carbons (Fsp3) is 0.647. The summed E-state index contributed by atoms with van der Waals surface area (Å²) < 4.78 is 5.48. The van der Waals surface area contributed by atoms with Crippen molar-refractivity contribution in [1.29, 1.82) is 0 Å². The average Bonchev–Trinajstić information content (AvgIpc) is 2.46. The highest BCUT2D eigenvalue weighted by atomic mass is 16.5. The molecule has 1 aliphatic rings. The molecule has 0 spiro atoms. The normalized spacial score (nSPS) is 24.4. The van der Waals surface area contributed by atoms with Crippen molar-refractivity contribution in [1.82, 2.24) is 5.32 Å². The molecule has 1 atom stereocenters. The van der Waals surface area contributed by atoms with Crippen LogP contribution in [0.2, 0.25) is 0 Å². The molecule has 1 fully saturated rings. The quantitative estimate of drug-likeness (QED) is 0.868. The number of hydrogen-bond acceptors (Lipinski definition) is 3. The minimum atomic E-state index is -0.0686. The van der Waals surface area contributed by atoms with E-state index in [0.29, 0.717) is 5.92 Å². The predicted molar refractivity (Wildman–Crippen MR) is 82.1 cm³/mol. The third-order valence-corrected chi connectivity index (χ3v) is 4.38. The monoisotopic (exact) mass is 277 g/mol. The summed E-state index contributed by atoms with van der Waals surface area (Å²) in [6, 6.07) is 6.66. The van der Waals surface area contributed by atoms with E-state index in [1.165, 1.54) is 11.1 Å². The SMILES string of the molecule is COc1cc(C)ccc1C(C)NCC1CCC(O)CC1. The lowest BCUT2D eigenvalue weighted by Gasteiger charge is -2.27. The molecule has 1 aliphatic carbocycles. The van der Waals surface area contributed by atoms with Gasteiger partial charge in [0.15, 0.2) is 0 Å². The van der Waals surface area contributed by atoms with Gasteiger partial charge in [0.25, 0.3) is 0 Å². The second kappa shape index (κ2) is 7.09. The van der Waals surface area contributed by atoms with Gasteiger partial charge in [-0.2, -0.15) is 0 Å². The van der Waals surface area contributed by atoms with Gasteiger partial charge in [0.1, 0.15) is 5.75 Å². The summed E-state index contributed by atoms with van der Waals surface area (Å²) in [7, 11) is 1.73. The third-order valence-electron chi connectivity index (χ3n) is 4.38. The molecule has 3 heteroatoms. The Kier molecular flexibility index (Phi) is 5.44. The fourth-order valence-electron chi connectivity index (χ4n) is 2.98. The Morgan fingerprint density at radius 3 is 2.65 bits per heavy atom. The van der Waals surface area contributed by atoms with Gasteiger partial charge in [-0.3, -0.25) is 0 Å². The van der Waals surface area contributed by atoms with E-state index in [-0.39, 0.29) is 12.1 Å². The van der Waals surface area contributed by atoms with Crippen molar-refractivity contribution in [2.75, 3.05) is 13.7 Å². The van der Waals surface area contributed by atoms with Crippen molar-refractivity contribution < 1.29 is 9.84 Å². The zero-order chi connectivity index (χ0) is 14.5. The van der Waals surface area contributed by atoms with Gasteiger partial charge in [-0.05, 0) is 63.6 Å². The molecule has 0 aromatic heterocycles. The van der Waals surface area contributed by atoms with Crippen LogP contribution in [0.4, 0.5) is 0 Å². The Hall–Kier alpha value is -1.06. The maximum absolute atomic E-state index is 9.54. The molecule has 0 aliphatic heterocycles. The first kappa shape index (κ1) is 15.3. The van der Waals surface area contributed by atoms with E-state index in [1.54, 1.807) is 7.11 Å². The van der Waals surface area contributed by atoms with E-state index in [9.17, 15) is 5.11 Å². The third kappa shape index (κ3) is 3.97. The molecule has 0 amide bonds. The molecule has 2 rings (SSSR count). The maximum atomic E-state index is 9.54. The van der Waals surface area contributed by atoms with Crippen LogP contribution in [-0.4, -0.2) is 24.9 Å². The van der Waals surface area contributed by atoms with Crippen molar-refractivity contribution in [2.45, 2.75) is 51.7 Å². The summed E-state index contributed by atoms with van der Waals surface area (Å²) in [6.45, 7) is 5.29. The number of methoxy groups -OCH3 is 1. The standard InChI is InChI=1S/C17H27NO2/c1-12-4-9-16(17(10-12)20-3)13(2)18-11-14-5-7-15(19)8-6-14/h4,9-10,13-15,18-19H,5-8,11H2,1-3H3. The van der Waals surface area contributed by atoms with Crippen LogP contribution in [0.5, 0.6) is 5.75 Å². The first-order chi connectivity index (χ1) is 9.60. The van der Waals surface area contributed by atoms with E-state index >= 15 is 0 Å². The molecule has 112 valence electrons. The zero-order valence-corrected chi connectivity index (χ0v) is 12.9.